The molecule has 6 nitrogen and oxygen atoms in total. The number of hydrogen-bond donors (Lipinski definition) is 1. The van der Waals surface area contributed by atoms with E-state index in [1.807, 2.05) is 0 Å². The van der Waals surface area contributed by atoms with Crippen LogP contribution in [-0.4, -0.2) is 61.1 Å². The third kappa shape index (κ3) is 3.07. The Morgan fingerprint density at radius 3 is 2.35 bits per heavy atom. The van der Waals surface area contributed by atoms with Gasteiger partial charge in [0.1, 0.15) is 11.6 Å². The van der Waals surface area contributed by atoms with Crippen molar-refractivity contribution in [1.82, 2.24) is 9.21 Å². The molecule has 0 spiro atoms. The van der Waals surface area contributed by atoms with E-state index >= 15 is 0 Å². The zero-order chi connectivity index (χ0) is 14.9. The first kappa shape index (κ1) is 14.7. The molecule has 1 N–H and O–H groups in total. The first-order valence-electron chi connectivity index (χ1n) is 6.02. The van der Waals surface area contributed by atoms with Crippen molar-refractivity contribution in [1.29, 1.82) is 0 Å². The molecule has 0 unspecified atom stereocenters. The van der Waals surface area contributed by atoms with Gasteiger partial charge in [-0.2, -0.15) is 4.31 Å². The smallest absolute Gasteiger partial charge is 0.256 e. The summed E-state index contributed by atoms with van der Waals surface area (Å²) < 4.78 is 37.6. The molecule has 1 fully saturated rings. The number of halogens is 1. The van der Waals surface area contributed by atoms with Gasteiger partial charge in [0.05, 0.1) is 11.8 Å². The van der Waals surface area contributed by atoms with Gasteiger partial charge in [-0.25, -0.2) is 12.8 Å². The van der Waals surface area contributed by atoms with Crippen LogP contribution in [-0.2, 0) is 10.0 Å². The van der Waals surface area contributed by atoms with E-state index in [2.05, 4.69) is 0 Å². The van der Waals surface area contributed by atoms with Crippen molar-refractivity contribution in [3.63, 3.8) is 0 Å². The Hall–Kier alpha value is -1.67. The summed E-state index contributed by atoms with van der Waals surface area (Å²) in [6.45, 7) is 0.826. The number of nitrogens with zero attached hydrogens (tertiary/aromatic N) is 2. The minimum Gasteiger partial charge on any atom is -0.508 e. The summed E-state index contributed by atoms with van der Waals surface area (Å²) in [6, 6.07) is 3.33. The standard InChI is InChI=1S/C12H15FN2O4S/c1-20(18,19)15-6-4-14(5-7-15)12(17)10-3-2-9(16)8-11(10)13/h2-3,8,16H,4-7H2,1H3. The minimum absolute atomic E-state index is 0.129. The molecule has 0 aromatic heterocycles. The number of aromatic hydroxyl groups is 1. The predicted octanol–water partition coefficient (Wildman–Crippen LogP) is 0.249. The monoisotopic (exact) mass is 302 g/mol. The SMILES string of the molecule is CS(=O)(=O)N1CCN(C(=O)c2ccc(O)cc2F)CC1. The van der Waals surface area contributed by atoms with Crippen LogP contribution in [0.4, 0.5) is 4.39 Å². The Balaban J connectivity index is 2.09. The van der Waals surface area contributed by atoms with E-state index in [9.17, 15) is 17.6 Å². The Morgan fingerprint density at radius 2 is 1.85 bits per heavy atom. The number of rotatable bonds is 2. The van der Waals surface area contributed by atoms with Crippen molar-refractivity contribution < 1.29 is 22.7 Å². The van der Waals surface area contributed by atoms with Crippen molar-refractivity contribution >= 4 is 15.9 Å². The Kier molecular flexibility index (Phi) is 3.96. The fourth-order valence-electron chi connectivity index (χ4n) is 2.07. The Morgan fingerprint density at radius 1 is 1.25 bits per heavy atom. The maximum atomic E-state index is 13.6. The predicted molar refractivity (Wildman–Crippen MR) is 70.4 cm³/mol. The molecule has 110 valence electrons. The lowest BCUT2D eigenvalue weighted by atomic mass is 10.1. The molecule has 20 heavy (non-hydrogen) atoms. The first-order chi connectivity index (χ1) is 9.29. The molecule has 1 aliphatic rings. The van der Waals surface area contributed by atoms with Gasteiger partial charge in [-0.1, -0.05) is 0 Å². The minimum atomic E-state index is -3.27. The lowest BCUT2D eigenvalue weighted by Crippen LogP contribution is -2.50. The van der Waals surface area contributed by atoms with Gasteiger partial charge in [-0.3, -0.25) is 4.79 Å². The van der Waals surface area contributed by atoms with Gasteiger partial charge >= 0.3 is 0 Å². The number of carbonyl (C=O) groups excluding carboxylic acids is 1. The second kappa shape index (κ2) is 5.37. The largest absolute Gasteiger partial charge is 0.508 e. The summed E-state index contributed by atoms with van der Waals surface area (Å²) in [6.07, 6.45) is 1.12. The molecule has 0 bridgehead atoms. The third-order valence-electron chi connectivity index (χ3n) is 3.18. The van der Waals surface area contributed by atoms with Gasteiger partial charge < -0.3 is 10.0 Å². The number of sulfonamides is 1. The highest BCUT2D eigenvalue weighted by Crippen LogP contribution is 2.18. The van der Waals surface area contributed by atoms with Gasteiger partial charge in [-0.05, 0) is 12.1 Å². The average Bonchev–Trinajstić information content (AvgIpc) is 2.37. The normalized spacial score (nSPS) is 17.2. The van der Waals surface area contributed by atoms with E-state index in [1.54, 1.807) is 0 Å². The summed E-state index contributed by atoms with van der Waals surface area (Å²) >= 11 is 0. The van der Waals surface area contributed by atoms with Crippen molar-refractivity contribution in [3.8, 4) is 5.75 Å². The van der Waals surface area contributed by atoms with E-state index in [0.717, 1.165) is 12.3 Å². The van der Waals surface area contributed by atoms with Gasteiger partial charge in [-0.15, -0.1) is 0 Å². The van der Waals surface area contributed by atoms with Crippen LogP contribution in [0.1, 0.15) is 10.4 Å². The van der Waals surface area contributed by atoms with Gasteiger partial charge in [0.2, 0.25) is 10.0 Å². The van der Waals surface area contributed by atoms with Crippen LogP contribution in [0.2, 0.25) is 0 Å². The van der Waals surface area contributed by atoms with Crippen LogP contribution in [0.5, 0.6) is 5.75 Å². The van der Waals surface area contributed by atoms with Crippen LogP contribution >= 0.6 is 0 Å². The zero-order valence-corrected chi connectivity index (χ0v) is 11.7. The quantitative estimate of drug-likeness (QED) is 0.849. The van der Waals surface area contributed by atoms with Crippen LogP contribution in [0.3, 0.4) is 0 Å². The molecule has 0 atom stereocenters. The van der Waals surface area contributed by atoms with Crippen LogP contribution < -0.4 is 0 Å². The molecule has 1 heterocycles. The molecule has 1 amide bonds. The lowest BCUT2D eigenvalue weighted by Gasteiger charge is -2.33. The number of phenols is 1. The van der Waals surface area contributed by atoms with Crippen molar-refractivity contribution in [2.45, 2.75) is 0 Å². The van der Waals surface area contributed by atoms with E-state index in [4.69, 9.17) is 5.11 Å². The lowest BCUT2D eigenvalue weighted by molar-refractivity contribution is 0.0693. The number of piperazine rings is 1. The van der Waals surface area contributed by atoms with E-state index in [1.165, 1.54) is 21.3 Å². The molecular weight excluding hydrogens is 287 g/mol. The van der Waals surface area contributed by atoms with Crippen LogP contribution in [0.25, 0.3) is 0 Å². The van der Waals surface area contributed by atoms with E-state index < -0.39 is 21.7 Å². The second-order valence-electron chi connectivity index (χ2n) is 4.62. The fraction of sp³-hybridized carbons (Fsp3) is 0.417. The highest BCUT2D eigenvalue weighted by molar-refractivity contribution is 7.88. The maximum absolute atomic E-state index is 13.6. The number of carbonyl (C=O) groups is 1. The molecule has 8 heteroatoms. The molecule has 1 saturated heterocycles. The molecule has 1 aromatic rings. The Bertz CT molecular complexity index is 624. The summed E-state index contributed by atoms with van der Waals surface area (Å²) in [5, 5.41) is 9.12. The highest BCUT2D eigenvalue weighted by Gasteiger charge is 2.27. The van der Waals surface area contributed by atoms with Crippen molar-refractivity contribution in [3.05, 3.63) is 29.6 Å². The van der Waals surface area contributed by atoms with Crippen molar-refractivity contribution in [2.24, 2.45) is 0 Å². The van der Waals surface area contributed by atoms with Crippen LogP contribution in [0.15, 0.2) is 18.2 Å². The van der Waals surface area contributed by atoms with Crippen LogP contribution in [0, 0.1) is 5.82 Å². The molecule has 0 saturated carbocycles. The highest BCUT2D eigenvalue weighted by atomic mass is 32.2. The Labute approximate surface area is 116 Å². The van der Waals surface area contributed by atoms with Gasteiger partial charge in [0.25, 0.3) is 5.91 Å². The number of amides is 1. The number of hydrogen-bond acceptors (Lipinski definition) is 4. The summed E-state index contributed by atoms with van der Waals surface area (Å²) in [4.78, 5) is 13.5. The average molecular weight is 302 g/mol. The summed E-state index contributed by atoms with van der Waals surface area (Å²) in [5.74, 6) is -1.54. The summed E-state index contributed by atoms with van der Waals surface area (Å²) in [5.41, 5.74) is -0.129. The topological polar surface area (TPSA) is 77.9 Å². The third-order valence-corrected chi connectivity index (χ3v) is 4.48. The van der Waals surface area contributed by atoms with Crippen molar-refractivity contribution in [2.75, 3.05) is 32.4 Å². The molecular formula is C12H15FN2O4S. The molecule has 0 radical (unpaired) electrons. The van der Waals surface area contributed by atoms with Gasteiger partial charge in [0, 0.05) is 32.2 Å². The molecule has 0 aliphatic carbocycles. The van der Waals surface area contributed by atoms with E-state index in [0.29, 0.717) is 0 Å². The molecule has 1 aromatic carbocycles. The number of benzene rings is 1. The van der Waals surface area contributed by atoms with E-state index in [-0.39, 0.29) is 37.5 Å². The maximum Gasteiger partial charge on any atom is 0.256 e. The fourth-order valence-corrected chi connectivity index (χ4v) is 2.90. The van der Waals surface area contributed by atoms with Gasteiger partial charge in [0.15, 0.2) is 0 Å². The first-order valence-corrected chi connectivity index (χ1v) is 7.87. The zero-order valence-electron chi connectivity index (χ0n) is 10.9. The summed E-state index contributed by atoms with van der Waals surface area (Å²) in [7, 11) is -3.27. The second-order valence-corrected chi connectivity index (χ2v) is 6.60. The number of phenolic OH excluding ortho intramolecular Hbond substituents is 1. The molecule has 2 rings (SSSR count). The molecule has 1 aliphatic heterocycles.